The lowest BCUT2D eigenvalue weighted by molar-refractivity contribution is -0.113. The van der Waals surface area contributed by atoms with E-state index in [2.05, 4.69) is 27.4 Å². The largest absolute Gasteiger partial charge is 0.325 e. The van der Waals surface area contributed by atoms with E-state index in [4.69, 9.17) is 0 Å². The topological polar surface area (TPSA) is 72.2 Å². The van der Waals surface area contributed by atoms with E-state index in [1.54, 1.807) is 17.7 Å². The van der Waals surface area contributed by atoms with Gasteiger partial charge >= 0.3 is 0 Å². The van der Waals surface area contributed by atoms with Gasteiger partial charge in [0.2, 0.25) is 5.91 Å². The average Bonchev–Trinajstić information content (AvgIpc) is 3.29. The van der Waals surface area contributed by atoms with E-state index in [0.717, 1.165) is 51.4 Å². The summed E-state index contributed by atoms with van der Waals surface area (Å²) in [6, 6.07) is 6.00. The normalized spacial score (nSPS) is 16.2. The molecule has 0 fully saturated rings. The molecule has 1 atom stereocenters. The maximum Gasteiger partial charge on any atom is 0.234 e. The Balaban J connectivity index is 1.39. The van der Waals surface area contributed by atoms with Crippen LogP contribution < -0.4 is 5.32 Å². The molecule has 154 valence electrons. The van der Waals surface area contributed by atoms with Crippen molar-refractivity contribution in [2.45, 2.75) is 45.2 Å². The Hall–Kier alpha value is -2.45. The van der Waals surface area contributed by atoms with Crippen LogP contribution in [0.5, 0.6) is 0 Å². The Morgan fingerprint density at radius 3 is 2.90 bits per heavy atom. The number of thioether (sulfide) groups is 1. The maximum atomic E-state index is 12.5. The summed E-state index contributed by atoms with van der Waals surface area (Å²) >= 11 is 3.17. The first-order valence-corrected chi connectivity index (χ1v) is 11.9. The molecule has 30 heavy (non-hydrogen) atoms. The number of benzene rings is 1. The van der Waals surface area contributed by atoms with Crippen molar-refractivity contribution in [3.05, 3.63) is 46.1 Å². The van der Waals surface area contributed by atoms with E-state index in [9.17, 15) is 4.79 Å². The number of carbonyl (C=O) groups is 1. The number of hydrogen-bond acceptors (Lipinski definition) is 6. The van der Waals surface area contributed by atoms with Gasteiger partial charge in [-0.3, -0.25) is 9.20 Å². The number of thiophene rings is 1. The zero-order chi connectivity index (χ0) is 20.8. The molecule has 0 saturated carbocycles. The fourth-order valence-corrected chi connectivity index (χ4v) is 6.18. The van der Waals surface area contributed by atoms with Gasteiger partial charge in [0.15, 0.2) is 10.8 Å². The summed E-state index contributed by atoms with van der Waals surface area (Å²) in [5.41, 5.74) is 5.25. The second-order valence-corrected chi connectivity index (χ2v) is 10.1. The van der Waals surface area contributed by atoms with Crippen molar-refractivity contribution in [1.82, 2.24) is 19.6 Å². The zero-order valence-electron chi connectivity index (χ0n) is 17.2. The second kappa shape index (κ2) is 7.67. The van der Waals surface area contributed by atoms with Crippen LogP contribution in [0.4, 0.5) is 5.69 Å². The third-order valence-electron chi connectivity index (χ3n) is 5.75. The summed E-state index contributed by atoms with van der Waals surface area (Å²) in [4.78, 5) is 19.7. The van der Waals surface area contributed by atoms with Gasteiger partial charge in [0.1, 0.15) is 11.2 Å². The van der Waals surface area contributed by atoms with Gasteiger partial charge in [0.05, 0.1) is 11.1 Å². The quantitative estimate of drug-likeness (QED) is 0.464. The molecule has 8 heteroatoms. The lowest BCUT2D eigenvalue weighted by atomic mass is 9.89. The molecule has 1 aliphatic carbocycles. The number of para-hydroxylation sites is 1. The fraction of sp³-hybridized carbons (Fsp3) is 0.364. The van der Waals surface area contributed by atoms with Crippen molar-refractivity contribution in [3.8, 4) is 0 Å². The van der Waals surface area contributed by atoms with Crippen molar-refractivity contribution in [3.63, 3.8) is 0 Å². The summed E-state index contributed by atoms with van der Waals surface area (Å²) in [6.45, 7) is 6.31. The lowest BCUT2D eigenvalue weighted by Gasteiger charge is -2.17. The highest BCUT2D eigenvalue weighted by Crippen LogP contribution is 2.39. The molecule has 0 spiro atoms. The van der Waals surface area contributed by atoms with Gasteiger partial charge in [0.25, 0.3) is 0 Å². The summed E-state index contributed by atoms with van der Waals surface area (Å²) in [5.74, 6) is 0.942. The molecule has 0 bridgehead atoms. The van der Waals surface area contributed by atoms with E-state index < -0.39 is 0 Å². The molecule has 0 saturated heterocycles. The van der Waals surface area contributed by atoms with E-state index in [0.29, 0.717) is 5.16 Å². The molecule has 1 amide bonds. The highest BCUT2D eigenvalue weighted by molar-refractivity contribution is 7.99. The number of aromatic nitrogens is 4. The fourth-order valence-electron chi connectivity index (χ4n) is 4.14. The zero-order valence-corrected chi connectivity index (χ0v) is 18.9. The standard InChI is InChI=1S/C22H23N5OS2/c1-12-7-8-15-16(9-12)30-21-18(15)20-25-26-22(27(20)11-23-21)29-10-17(28)24-19-13(2)5-4-6-14(19)3/h4-6,11-12H,7-10H2,1-3H3,(H,24,28)/t12-/m1/s1. The third-order valence-corrected chi connectivity index (χ3v) is 7.86. The number of amides is 1. The van der Waals surface area contributed by atoms with E-state index >= 15 is 0 Å². The number of carbonyl (C=O) groups excluding carboxylic acids is 1. The molecule has 0 unspecified atom stereocenters. The Labute approximate surface area is 183 Å². The number of aryl methyl sites for hydroxylation is 3. The molecule has 0 aliphatic heterocycles. The van der Waals surface area contributed by atoms with E-state index in [1.807, 2.05) is 36.4 Å². The van der Waals surface area contributed by atoms with Crippen LogP contribution in [0.3, 0.4) is 0 Å². The number of anilines is 1. The van der Waals surface area contributed by atoms with E-state index in [1.165, 1.54) is 28.6 Å². The first-order chi connectivity index (χ1) is 14.5. The van der Waals surface area contributed by atoms with Crippen LogP contribution in [-0.4, -0.2) is 31.2 Å². The highest BCUT2D eigenvalue weighted by atomic mass is 32.2. The van der Waals surface area contributed by atoms with Crippen LogP contribution in [0.1, 0.15) is 34.9 Å². The van der Waals surface area contributed by atoms with Gasteiger partial charge < -0.3 is 5.32 Å². The Kier molecular flexibility index (Phi) is 4.99. The van der Waals surface area contributed by atoms with Crippen LogP contribution in [-0.2, 0) is 17.6 Å². The number of nitrogens with zero attached hydrogens (tertiary/aromatic N) is 4. The number of hydrogen-bond donors (Lipinski definition) is 1. The van der Waals surface area contributed by atoms with Crippen molar-refractivity contribution < 1.29 is 4.79 Å². The molecule has 4 aromatic rings. The first-order valence-electron chi connectivity index (χ1n) is 10.1. The van der Waals surface area contributed by atoms with Crippen LogP contribution in [0, 0.1) is 19.8 Å². The van der Waals surface area contributed by atoms with Gasteiger partial charge in [-0.05, 0) is 55.7 Å². The molecule has 1 aromatic carbocycles. The summed E-state index contributed by atoms with van der Waals surface area (Å²) in [5, 5.41) is 13.7. The Morgan fingerprint density at radius 2 is 2.10 bits per heavy atom. The molecule has 0 radical (unpaired) electrons. The van der Waals surface area contributed by atoms with Crippen LogP contribution in [0.15, 0.2) is 29.7 Å². The first kappa shape index (κ1) is 19.5. The van der Waals surface area contributed by atoms with Crippen LogP contribution in [0.25, 0.3) is 15.9 Å². The molecule has 5 rings (SSSR count). The van der Waals surface area contributed by atoms with Gasteiger partial charge in [-0.25, -0.2) is 4.98 Å². The van der Waals surface area contributed by atoms with Crippen molar-refractivity contribution >= 4 is 50.6 Å². The van der Waals surface area contributed by atoms with Crippen molar-refractivity contribution in [2.75, 3.05) is 11.1 Å². The number of nitrogens with one attached hydrogen (secondary N) is 1. The molecule has 6 nitrogen and oxygen atoms in total. The van der Waals surface area contributed by atoms with Crippen LogP contribution in [0.2, 0.25) is 0 Å². The molecule has 1 aliphatic rings. The molecule has 3 aromatic heterocycles. The summed E-state index contributed by atoms with van der Waals surface area (Å²) in [6.07, 6.45) is 5.19. The number of fused-ring (bicyclic) bond motifs is 5. The molecular weight excluding hydrogens is 414 g/mol. The van der Waals surface area contributed by atoms with Gasteiger partial charge in [0, 0.05) is 10.6 Å². The smallest absolute Gasteiger partial charge is 0.234 e. The predicted molar refractivity (Wildman–Crippen MR) is 123 cm³/mol. The van der Waals surface area contributed by atoms with Crippen LogP contribution >= 0.6 is 23.1 Å². The lowest BCUT2D eigenvalue weighted by Crippen LogP contribution is -2.16. The van der Waals surface area contributed by atoms with Gasteiger partial charge in [-0.2, -0.15) is 0 Å². The minimum atomic E-state index is -0.0508. The minimum absolute atomic E-state index is 0.0508. The monoisotopic (exact) mass is 437 g/mol. The SMILES string of the molecule is Cc1cccc(C)c1NC(=O)CSc1nnc2c3c4c(sc3ncn12)C[C@H](C)CC4. The van der Waals surface area contributed by atoms with Gasteiger partial charge in [-0.15, -0.1) is 21.5 Å². The van der Waals surface area contributed by atoms with Crippen molar-refractivity contribution in [2.24, 2.45) is 5.92 Å². The molecule has 3 heterocycles. The number of rotatable bonds is 4. The highest BCUT2D eigenvalue weighted by Gasteiger charge is 2.24. The Morgan fingerprint density at radius 1 is 1.30 bits per heavy atom. The second-order valence-electron chi connectivity index (χ2n) is 8.06. The maximum absolute atomic E-state index is 12.5. The van der Waals surface area contributed by atoms with Gasteiger partial charge in [-0.1, -0.05) is 36.9 Å². The third kappa shape index (κ3) is 3.37. The van der Waals surface area contributed by atoms with E-state index in [-0.39, 0.29) is 11.7 Å². The summed E-state index contributed by atoms with van der Waals surface area (Å²) < 4.78 is 1.92. The molecular formula is C22H23N5OS2. The predicted octanol–water partition coefficient (Wildman–Crippen LogP) is 4.81. The Bertz CT molecular complexity index is 1260. The van der Waals surface area contributed by atoms with Crippen molar-refractivity contribution in [1.29, 1.82) is 0 Å². The average molecular weight is 438 g/mol. The minimum Gasteiger partial charge on any atom is -0.325 e. The molecule has 1 N–H and O–H groups in total. The summed E-state index contributed by atoms with van der Waals surface area (Å²) in [7, 11) is 0.